The van der Waals surface area contributed by atoms with E-state index in [9.17, 15) is 45.6 Å². The number of nitrogens with one attached hydrogen (secondary N) is 1. The van der Waals surface area contributed by atoms with E-state index < -0.39 is 86.8 Å². The lowest BCUT2D eigenvalue weighted by atomic mass is 9.97. The highest BCUT2D eigenvalue weighted by atomic mass is 16.7. The number of hydrogen-bond acceptors (Lipinski definition) is 13. The molecule has 2 saturated heterocycles. The first-order valence-electron chi connectivity index (χ1n) is 24.3. The number of carbonyl (C=O) groups excluding carboxylic acids is 1. The van der Waals surface area contributed by atoms with Crippen molar-refractivity contribution in [3.8, 4) is 0 Å². The Morgan fingerprint density at radius 3 is 1.42 bits per heavy atom. The van der Waals surface area contributed by atoms with Gasteiger partial charge in [0.25, 0.3) is 0 Å². The molecule has 2 aliphatic rings. The fourth-order valence-corrected chi connectivity index (χ4v) is 8.30. The molecule has 12 unspecified atom stereocenters. The molecule has 0 aromatic carbocycles. The zero-order chi connectivity index (χ0) is 44.0. The van der Waals surface area contributed by atoms with Crippen LogP contribution in [0.15, 0.2) is 0 Å². The first kappa shape index (κ1) is 55.1. The Labute approximate surface area is 362 Å². The van der Waals surface area contributed by atoms with Crippen LogP contribution in [0.5, 0.6) is 0 Å². The van der Waals surface area contributed by atoms with Gasteiger partial charge in [0.05, 0.1) is 32.0 Å². The smallest absolute Gasteiger partial charge is 0.220 e. The predicted octanol–water partition coefficient (Wildman–Crippen LogP) is 5.44. The van der Waals surface area contributed by atoms with Gasteiger partial charge >= 0.3 is 0 Å². The maximum absolute atomic E-state index is 13.0. The maximum atomic E-state index is 13.0. The molecule has 0 bridgehead atoms. The van der Waals surface area contributed by atoms with Gasteiger partial charge < -0.3 is 65.1 Å². The van der Waals surface area contributed by atoms with Gasteiger partial charge in [-0.05, 0) is 12.8 Å². The molecule has 14 heteroatoms. The van der Waals surface area contributed by atoms with E-state index >= 15 is 0 Å². The van der Waals surface area contributed by atoms with Crippen LogP contribution in [-0.2, 0) is 23.7 Å². The fourth-order valence-electron chi connectivity index (χ4n) is 8.30. The van der Waals surface area contributed by atoms with E-state index in [2.05, 4.69) is 19.2 Å². The predicted molar refractivity (Wildman–Crippen MR) is 231 cm³/mol. The number of ether oxygens (including phenoxy) is 4. The Balaban J connectivity index is 1.62. The lowest BCUT2D eigenvalue weighted by Crippen LogP contribution is -2.65. The quantitative estimate of drug-likeness (QED) is 0.0356. The third-order valence-electron chi connectivity index (χ3n) is 12.3. The first-order valence-corrected chi connectivity index (χ1v) is 24.3. The molecule has 2 aliphatic heterocycles. The first-order chi connectivity index (χ1) is 29.1. The van der Waals surface area contributed by atoms with Crippen LogP contribution in [0.25, 0.3) is 0 Å². The lowest BCUT2D eigenvalue weighted by molar-refractivity contribution is -0.359. The number of aliphatic hydroxyl groups is 8. The van der Waals surface area contributed by atoms with E-state index in [1.54, 1.807) is 0 Å². The Kier molecular flexibility index (Phi) is 31.6. The van der Waals surface area contributed by atoms with Crippen molar-refractivity contribution in [2.45, 2.75) is 267 Å². The topological polar surface area (TPSA) is 228 Å². The van der Waals surface area contributed by atoms with E-state index in [4.69, 9.17) is 18.9 Å². The average Bonchev–Trinajstić information content (AvgIpc) is 3.24. The van der Waals surface area contributed by atoms with Crippen molar-refractivity contribution in [3.05, 3.63) is 0 Å². The Bertz CT molecular complexity index is 1020. The molecule has 60 heavy (non-hydrogen) atoms. The van der Waals surface area contributed by atoms with Crippen molar-refractivity contribution in [2.75, 3.05) is 19.8 Å². The summed E-state index contributed by atoms with van der Waals surface area (Å²) in [6, 6.07) is -0.817. The van der Waals surface area contributed by atoms with Crippen LogP contribution < -0.4 is 5.32 Å². The van der Waals surface area contributed by atoms with Gasteiger partial charge in [0.2, 0.25) is 5.91 Å². The SMILES string of the molecule is CCCCCCCCCCCCCCCCCCCCCCCCCC(=O)NC(COC1OC(CO)C(OC2OC(CO)C(O)C(O)C2O)C(O)C1O)C(O)CCCCC. The third kappa shape index (κ3) is 22.1. The minimum atomic E-state index is -1.78. The minimum Gasteiger partial charge on any atom is -0.394 e. The highest BCUT2D eigenvalue weighted by Gasteiger charge is 2.51. The van der Waals surface area contributed by atoms with Crippen LogP contribution in [0.1, 0.15) is 194 Å². The fraction of sp³-hybridized carbons (Fsp3) is 0.978. The van der Waals surface area contributed by atoms with Crippen molar-refractivity contribution in [2.24, 2.45) is 0 Å². The van der Waals surface area contributed by atoms with Gasteiger partial charge in [-0.3, -0.25) is 4.79 Å². The molecule has 2 rings (SSSR count). The molecular formula is C46H89NO13. The number of amides is 1. The molecule has 9 N–H and O–H groups in total. The van der Waals surface area contributed by atoms with Gasteiger partial charge in [-0.15, -0.1) is 0 Å². The summed E-state index contributed by atoms with van der Waals surface area (Å²) in [6.45, 7) is 2.68. The van der Waals surface area contributed by atoms with Crippen molar-refractivity contribution >= 4 is 5.91 Å². The molecular weight excluding hydrogens is 775 g/mol. The number of aliphatic hydroxyl groups excluding tert-OH is 8. The summed E-state index contributed by atoms with van der Waals surface area (Å²) in [7, 11) is 0. The second-order valence-corrected chi connectivity index (χ2v) is 17.6. The third-order valence-corrected chi connectivity index (χ3v) is 12.3. The molecule has 2 fully saturated rings. The Morgan fingerprint density at radius 2 is 0.950 bits per heavy atom. The van der Waals surface area contributed by atoms with Crippen molar-refractivity contribution in [1.29, 1.82) is 0 Å². The highest BCUT2D eigenvalue weighted by molar-refractivity contribution is 5.76. The molecule has 0 radical (unpaired) electrons. The van der Waals surface area contributed by atoms with Crippen LogP contribution in [0.4, 0.5) is 0 Å². The molecule has 12 atom stereocenters. The summed E-state index contributed by atoms with van der Waals surface area (Å²) < 4.78 is 22.5. The Morgan fingerprint density at radius 1 is 0.533 bits per heavy atom. The standard InChI is InChI=1S/C46H89NO13/c1-3-5-7-8-9-10-11-12-13-14-15-16-17-18-19-20-21-22-23-24-25-26-28-30-38(51)47-34(35(50)29-27-6-4-2)33-57-45-43(56)41(54)44(37(32-49)59-45)60-46-42(55)40(53)39(52)36(31-48)58-46/h34-37,39-46,48-50,52-56H,3-33H2,1-2H3,(H,47,51). The molecule has 0 saturated carbocycles. The zero-order valence-corrected chi connectivity index (χ0v) is 37.5. The van der Waals surface area contributed by atoms with Crippen LogP contribution in [0.3, 0.4) is 0 Å². The van der Waals surface area contributed by atoms with E-state index in [0.717, 1.165) is 44.9 Å². The van der Waals surface area contributed by atoms with Crippen molar-refractivity contribution in [1.82, 2.24) is 5.32 Å². The maximum Gasteiger partial charge on any atom is 0.220 e. The average molecular weight is 864 g/mol. The van der Waals surface area contributed by atoms with Gasteiger partial charge in [0.15, 0.2) is 12.6 Å². The van der Waals surface area contributed by atoms with Crippen LogP contribution in [0.2, 0.25) is 0 Å². The molecule has 0 spiro atoms. The second-order valence-electron chi connectivity index (χ2n) is 17.6. The molecule has 2 heterocycles. The molecule has 14 nitrogen and oxygen atoms in total. The summed E-state index contributed by atoms with van der Waals surface area (Å²) in [5.41, 5.74) is 0. The van der Waals surface area contributed by atoms with Crippen LogP contribution in [-0.4, -0.2) is 140 Å². The molecule has 0 aromatic rings. The number of hydrogen-bond donors (Lipinski definition) is 9. The molecule has 1 amide bonds. The van der Waals surface area contributed by atoms with E-state index in [1.165, 1.54) is 122 Å². The van der Waals surface area contributed by atoms with Gasteiger partial charge in [0.1, 0.15) is 48.8 Å². The summed E-state index contributed by atoms with van der Waals surface area (Å²) >= 11 is 0. The minimum absolute atomic E-state index is 0.215. The number of carbonyl (C=O) groups is 1. The van der Waals surface area contributed by atoms with E-state index in [0.29, 0.717) is 12.8 Å². The lowest BCUT2D eigenvalue weighted by Gasteiger charge is -2.46. The zero-order valence-electron chi connectivity index (χ0n) is 37.5. The molecule has 0 aliphatic carbocycles. The summed E-state index contributed by atoms with van der Waals surface area (Å²) in [6.07, 6.45) is 16.6. The van der Waals surface area contributed by atoms with Crippen molar-refractivity contribution < 1.29 is 64.6 Å². The summed E-state index contributed by atoms with van der Waals surface area (Å²) in [5, 5.41) is 85.9. The Hall–Kier alpha value is -1.01. The van der Waals surface area contributed by atoms with E-state index in [-0.39, 0.29) is 12.5 Å². The largest absolute Gasteiger partial charge is 0.394 e. The van der Waals surface area contributed by atoms with Gasteiger partial charge in [-0.25, -0.2) is 0 Å². The number of rotatable bonds is 37. The summed E-state index contributed by atoms with van der Waals surface area (Å²) in [5.74, 6) is -0.215. The number of unbranched alkanes of at least 4 members (excludes halogenated alkanes) is 24. The molecule has 0 aromatic heterocycles. The van der Waals surface area contributed by atoms with Gasteiger partial charge in [0, 0.05) is 6.42 Å². The second kappa shape index (κ2) is 34.4. The van der Waals surface area contributed by atoms with Gasteiger partial charge in [-0.2, -0.15) is 0 Å². The summed E-state index contributed by atoms with van der Waals surface area (Å²) in [4.78, 5) is 13.0. The van der Waals surface area contributed by atoms with Crippen molar-refractivity contribution in [3.63, 3.8) is 0 Å². The monoisotopic (exact) mass is 864 g/mol. The molecule has 356 valence electrons. The van der Waals surface area contributed by atoms with E-state index in [1.807, 2.05) is 0 Å². The normalized spacial score (nSPS) is 28.2. The van der Waals surface area contributed by atoms with Crippen LogP contribution >= 0.6 is 0 Å². The van der Waals surface area contributed by atoms with Crippen LogP contribution in [0, 0.1) is 0 Å². The highest BCUT2D eigenvalue weighted by Crippen LogP contribution is 2.30. The van der Waals surface area contributed by atoms with Gasteiger partial charge in [-0.1, -0.05) is 174 Å².